The lowest BCUT2D eigenvalue weighted by molar-refractivity contribution is -0.115. The standard InChI is InChI=1S/C16H15Cl2NO3S/c1-8-16(23(2,21)22)14(9-3-4-10(17)11(18)7-9)15-12(19-8)5-6-13(15)20/h3-4,7,14,19H,5-6H2,1-2H3. The van der Waals surface area contributed by atoms with Gasteiger partial charge in [-0.1, -0.05) is 29.3 Å². The van der Waals surface area contributed by atoms with Crippen LogP contribution in [0.5, 0.6) is 0 Å². The molecular formula is C16H15Cl2NO3S. The predicted octanol–water partition coefficient (Wildman–Crippen LogP) is 3.57. The molecule has 0 bridgehead atoms. The Bertz CT molecular complexity index is 885. The smallest absolute Gasteiger partial charge is 0.174 e. The zero-order chi connectivity index (χ0) is 16.9. The van der Waals surface area contributed by atoms with E-state index in [0.29, 0.717) is 39.7 Å². The number of nitrogens with one attached hydrogen (secondary N) is 1. The number of carbonyl (C=O) groups excluding carboxylic acids is 1. The lowest BCUT2D eigenvalue weighted by Crippen LogP contribution is -2.28. The van der Waals surface area contributed by atoms with Crippen LogP contribution in [0, 0.1) is 0 Å². The van der Waals surface area contributed by atoms with Crippen LogP contribution in [-0.4, -0.2) is 20.5 Å². The maximum atomic E-state index is 12.3. The summed E-state index contributed by atoms with van der Waals surface area (Å²) in [4.78, 5) is 12.6. The molecule has 0 fully saturated rings. The maximum absolute atomic E-state index is 12.3. The first-order valence-corrected chi connectivity index (χ1v) is 9.74. The van der Waals surface area contributed by atoms with Crippen molar-refractivity contribution in [3.8, 4) is 0 Å². The van der Waals surface area contributed by atoms with Crippen molar-refractivity contribution in [2.45, 2.75) is 25.7 Å². The van der Waals surface area contributed by atoms with Crippen molar-refractivity contribution in [2.24, 2.45) is 0 Å². The zero-order valence-corrected chi connectivity index (χ0v) is 14.9. The van der Waals surface area contributed by atoms with Gasteiger partial charge < -0.3 is 5.32 Å². The number of rotatable bonds is 2. The molecule has 0 saturated carbocycles. The highest BCUT2D eigenvalue weighted by atomic mass is 35.5. The number of benzene rings is 1. The van der Waals surface area contributed by atoms with E-state index in [-0.39, 0.29) is 10.7 Å². The Morgan fingerprint density at radius 3 is 2.48 bits per heavy atom. The molecule has 4 nitrogen and oxygen atoms in total. The highest BCUT2D eigenvalue weighted by molar-refractivity contribution is 7.94. The SMILES string of the molecule is CC1=C(S(C)(=O)=O)C(c2ccc(Cl)c(Cl)c2)C2=C(CCC2=O)N1. The van der Waals surface area contributed by atoms with Crippen LogP contribution < -0.4 is 5.32 Å². The second-order valence-corrected chi connectivity index (χ2v) is 8.61. The van der Waals surface area contributed by atoms with E-state index in [0.717, 1.165) is 12.0 Å². The summed E-state index contributed by atoms with van der Waals surface area (Å²) in [5, 5.41) is 3.81. The number of hydrogen-bond donors (Lipinski definition) is 1. The number of dihydropyridines is 1. The molecule has 0 amide bonds. The monoisotopic (exact) mass is 371 g/mol. The molecule has 0 saturated heterocycles. The average Bonchev–Trinajstić information content (AvgIpc) is 2.80. The Morgan fingerprint density at radius 2 is 1.87 bits per heavy atom. The Balaban J connectivity index is 2.26. The van der Waals surface area contributed by atoms with Crippen molar-refractivity contribution < 1.29 is 13.2 Å². The highest BCUT2D eigenvalue weighted by Crippen LogP contribution is 2.45. The van der Waals surface area contributed by atoms with Crippen LogP contribution in [0.15, 0.2) is 40.1 Å². The van der Waals surface area contributed by atoms with Crippen LogP contribution in [0.1, 0.15) is 31.2 Å². The number of sulfone groups is 1. The van der Waals surface area contributed by atoms with Gasteiger partial charge in [-0.15, -0.1) is 0 Å². The van der Waals surface area contributed by atoms with Crippen molar-refractivity contribution >= 4 is 38.8 Å². The van der Waals surface area contributed by atoms with Crippen LogP contribution in [0.25, 0.3) is 0 Å². The lowest BCUT2D eigenvalue weighted by atomic mass is 9.86. The van der Waals surface area contributed by atoms with Crippen LogP contribution in [0.2, 0.25) is 10.0 Å². The summed E-state index contributed by atoms with van der Waals surface area (Å²) in [6.45, 7) is 1.72. The summed E-state index contributed by atoms with van der Waals surface area (Å²) < 4.78 is 24.7. The second kappa shape index (κ2) is 5.65. The molecule has 0 radical (unpaired) electrons. The van der Waals surface area contributed by atoms with Crippen LogP contribution in [0.3, 0.4) is 0 Å². The summed E-state index contributed by atoms with van der Waals surface area (Å²) >= 11 is 12.1. The fourth-order valence-corrected chi connectivity index (χ4v) is 4.87. The Hall–Kier alpha value is -1.30. The minimum absolute atomic E-state index is 0.0303. The van der Waals surface area contributed by atoms with Crippen LogP contribution >= 0.6 is 23.2 Å². The molecule has 7 heteroatoms. The Kier molecular flexibility index (Phi) is 4.07. The number of halogens is 2. The van der Waals surface area contributed by atoms with Gasteiger partial charge in [0.1, 0.15) is 0 Å². The van der Waals surface area contributed by atoms with E-state index in [1.807, 2.05) is 0 Å². The molecule has 1 aromatic carbocycles. The van der Waals surface area contributed by atoms with E-state index in [1.54, 1.807) is 25.1 Å². The molecule has 3 rings (SSSR count). The quantitative estimate of drug-likeness (QED) is 0.862. The van der Waals surface area contributed by atoms with Crippen LogP contribution in [-0.2, 0) is 14.6 Å². The number of carbonyl (C=O) groups is 1. The molecule has 1 aliphatic heterocycles. The molecule has 2 aliphatic rings. The molecule has 23 heavy (non-hydrogen) atoms. The minimum atomic E-state index is -3.50. The number of ketones is 1. The van der Waals surface area contributed by atoms with Gasteiger partial charge >= 0.3 is 0 Å². The van der Waals surface area contributed by atoms with Gasteiger partial charge in [-0.2, -0.15) is 0 Å². The predicted molar refractivity (Wildman–Crippen MR) is 91.1 cm³/mol. The molecule has 1 unspecified atom stereocenters. The first-order chi connectivity index (χ1) is 10.7. The molecule has 1 aromatic rings. The molecule has 1 N–H and O–H groups in total. The van der Waals surface area contributed by atoms with E-state index in [9.17, 15) is 13.2 Å². The van der Waals surface area contributed by atoms with Gasteiger partial charge in [0.25, 0.3) is 0 Å². The van der Waals surface area contributed by atoms with Gasteiger partial charge in [0.05, 0.1) is 20.9 Å². The molecule has 1 aliphatic carbocycles. The van der Waals surface area contributed by atoms with Gasteiger partial charge in [-0.05, 0) is 31.0 Å². The number of hydrogen-bond acceptors (Lipinski definition) is 4. The normalized spacial score (nSPS) is 21.6. The Labute approximate surface area is 145 Å². The van der Waals surface area contributed by atoms with E-state index in [4.69, 9.17) is 23.2 Å². The topological polar surface area (TPSA) is 63.2 Å². The first kappa shape index (κ1) is 16.6. The van der Waals surface area contributed by atoms with Crippen LogP contribution in [0.4, 0.5) is 0 Å². The largest absolute Gasteiger partial charge is 0.361 e. The lowest BCUT2D eigenvalue weighted by Gasteiger charge is -2.29. The van der Waals surface area contributed by atoms with Gasteiger partial charge in [0.15, 0.2) is 15.6 Å². The summed E-state index contributed by atoms with van der Waals surface area (Å²) in [5.41, 5.74) is 2.53. The summed E-state index contributed by atoms with van der Waals surface area (Å²) in [7, 11) is -3.50. The maximum Gasteiger partial charge on any atom is 0.174 e. The number of allylic oxidation sites excluding steroid dienone is 4. The van der Waals surface area contributed by atoms with Gasteiger partial charge in [0.2, 0.25) is 0 Å². The molecule has 0 spiro atoms. The van der Waals surface area contributed by atoms with E-state index < -0.39 is 15.8 Å². The van der Waals surface area contributed by atoms with Crippen molar-refractivity contribution in [1.82, 2.24) is 5.32 Å². The third kappa shape index (κ3) is 2.82. The van der Waals surface area contributed by atoms with Crippen molar-refractivity contribution in [3.63, 3.8) is 0 Å². The molecule has 122 valence electrons. The summed E-state index contributed by atoms with van der Waals surface area (Å²) in [6.07, 6.45) is 2.14. The molecule has 1 atom stereocenters. The molecular weight excluding hydrogens is 357 g/mol. The highest BCUT2D eigenvalue weighted by Gasteiger charge is 2.40. The van der Waals surface area contributed by atoms with Gasteiger partial charge in [-0.3, -0.25) is 4.79 Å². The van der Waals surface area contributed by atoms with E-state index >= 15 is 0 Å². The van der Waals surface area contributed by atoms with Crippen molar-refractivity contribution in [3.05, 3.63) is 55.7 Å². The third-order valence-corrected chi connectivity index (χ3v) is 6.24. The molecule has 0 aromatic heterocycles. The van der Waals surface area contributed by atoms with Crippen molar-refractivity contribution in [1.29, 1.82) is 0 Å². The second-order valence-electron chi connectivity index (χ2n) is 5.81. The Morgan fingerprint density at radius 1 is 1.17 bits per heavy atom. The van der Waals surface area contributed by atoms with E-state index in [1.165, 1.54) is 0 Å². The summed E-state index contributed by atoms with van der Waals surface area (Å²) in [6, 6.07) is 4.98. The average molecular weight is 372 g/mol. The fraction of sp³-hybridized carbons (Fsp3) is 0.312. The summed E-state index contributed by atoms with van der Waals surface area (Å²) in [5.74, 6) is -0.664. The molecule has 1 heterocycles. The van der Waals surface area contributed by atoms with Gasteiger partial charge in [0, 0.05) is 29.6 Å². The fourth-order valence-electron chi connectivity index (χ4n) is 3.28. The van der Waals surface area contributed by atoms with Crippen molar-refractivity contribution in [2.75, 3.05) is 6.26 Å². The first-order valence-electron chi connectivity index (χ1n) is 7.09. The zero-order valence-electron chi connectivity index (χ0n) is 12.6. The van der Waals surface area contributed by atoms with E-state index in [2.05, 4.69) is 5.32 Å². The van der Waals surface area contributed by atoms with Gasteiger partial charge in [-0.25, -0.2) is 8.42 Å². The minimum Gasteiger partial charge on any atom is -0.361 e. The third-order valence-electron chi connectivity index (χ3n) is 4.16. The number of Topliss-reactive ketones (excluding diaryl/α,β-unsaturated/α-hetero) is 1.